The van der Waals surface area contributed by atoms with E-state index in [0.29, 0.717) is 0 Å². The highest BCUT2D eigenvalue weighted by molar-refractivity contribution is 7.92. The predicted octanol–water partition coefficient (Wildman–Crippen LogP) is 3.67. The van der Waals surface area contributed by atoms with Gasteiger partial charge in [-0.05, 0) is 54.8 Å². The second-order valence-electron chi connectivity index (χ2n) is 6.59. The number of alkyl halides is 3. The molecule has 0 bridgehead atoms. The summed E-state index contributed by atoms with van der Waals surface area (Å²) in [5.41, 5.74) is 0.102. The van der Waals surface area contributed by atoms with Crippen molar-refractivity contribution in [2.45, 2.75) is 30.3 Å². The van der Waals surface area contributed by atoms with E-state index >= 15 is 0 Å². The summed E-state index contributed by atoms with van der Waals surface area (Å²) < 4.78 is 64.8. The SMILES string of the molecule is O=C(Cc1ccc(NS(=O)(=O)c2ccc(C(F)(F)F)cc2)cc1)N1CCCC1. The third-order valence-electron chi connectivity index (χ3n) is 4.51. The molecule has 1 N–H and O–H groups in total. The van der Waals surface area contributed by atoms with Crippen molar-refractivity contribution in [3.8, 4) is 0 Å². The van der Waals surface area contributed by atoms with E-state index in [0.717, 1.165) is 55.8 Å². The Balaban J connectivity index is 1.66. The average molecular weight is 412 g/mol. The Morgan fingerprint density at radius 3 is 2.07 bits per heavy atom. The molecule has 1 amide bonds. The molecule has 0 atom stereocenters. The van der Waals surface area contributed by atoms with Gasteiger partial charge in [0, 0.05) is 18.8 Å². The fourth-order valence-electron chi connectivity index (χ4n) is 2.98. The molecule has 9 heteroatoms. The maximum atomic E-state index is 12.6. The Bertz CT molecular complexity index is 934. The molecule has 2 aromatic carbocycles. The summed E-state index contributed by atoms with van der Waals surface area (Å²) in [5.74, 6) is 0.0376. The van der Waals surface area contributed by atoms with Crippen molar-refractivity contribution in [1.29, 1.82) is 0 Å². The van der Waals surface area contributed by atoms with E-state index in [1.807, 2.05) is 0 Å². The Hall–Kier alpha value is -2.55. The largest absolute Gasteiger partial charge is 0.416 e. The summed E-state index contributed by atoms with van der Waals surface area (Å²) in [6, 6.07) is 9.62. The molecule has 0 spiro atoms. The number of nitrogens with zero attached hydrogens (tertiary/aromatic N) is 1. The number of amides is 1. The lowest BCUT2D eigenvalue weighted by atomic mass is 10.1. The highest BCUT2D eigenvalue weighted by atomic mass is 32.2. The molecule has 0 aromatic heterocycles. The lowest BCUT2D eigenvalue weighted by molar-refractivity contribution is -0.137. The van der Waals surface area contributed by atoms with Crippen molar-refractivity contribution in [3.05, 3.63) is 59.7 Å². The summed E-state index contributed by atoms with van der Waals surface area (Å²) in [7, 11) is -4.02. The summed E-state index contributed by atoms with van der Waals surface area (Å²) in [6.45, 7) is 1.54. The molecule has 1 heterocycles. The molecule has 0 aliphatic carbocycles. The van der Waals surface area contributed by atoms with Crippen LogP contribution in [0.1, 0.15) is 24.0 Å². The van der Waals surface area contributed by atoms with Gasteiger partial charge in [0.1, 0.15) is 0 Å². The minimum absolute atomic E-state index is 0.0376. The van der Waals surface area contributed by atoms with Crippen LogP contribution in [0.2, 0.25) is 0 Å². The third kappa shape index (κ3) is 4.83. The number of carbonyl (C=O) groups excluding carboxylic acids is 1. The second-order valence-corrected chi connectivity index (χ2v) is 8.27. The summed E-state index contributed by atoms with van der Waals surface area (Å²) in [6.07, 6.45) is -2.27. The van der Waals surface area contributed by atoms with Crippen LogP contribution in [-0.2, 0) is 27.4 Å². The number of hydrogen-bond acceptors (Lipinski definition) is 3. The molecule has 1 aliphatic heterocycles. The monoisotopic (exact) mass is 412 g/mol. The first-order valence-corrected chi connectivity index (χ1v) is 10.2. The Labute approximate surface area is 161 Å². The van der Waals surface area contributed by atoms with E-state index < -0.39 is 21.8 Å². The lowest BCUT2D eigenvalue weighted by Gasteiger charge is -2.15. The maximum Gasteiger partial charge on any atom is 0.416 e. The zero-order valence-electron chi connectivity index (χ0n) is 14.9. The van der Waals surface area contributed by atoms with Crippen LogP contribution < -0.4 is 4.72 Å². The van der Waals surface area contributed by atoms with Crippen LogP contribution in [0.25, 0.3) is 0 Å². The molecule has 0 radical (unpaired) electrons. The van der Waals surface area contributed by atoms with Gasteiger partial charge in [-0.25, -0.2) is 8.42 Å². The molecule has 150 valence electrons. The maximum absolute atomic E-state index is 12.6. The fourth-order valence-corrected chi connectivity index (χ4v) is 4.04. The first kappa shape index (κ1) is 20.2. The Morgan fingerprint density at radius 2 is 1.54 bits per heavy atom. The quantitative estimate of drug-likeness (QED) is 0.815. The Kier molecular flexibility index (Phi) is 5.64. The molecule has 1 aliphatic rings. The summed E-state index contributed by atoms with van der Waals surface area (Å²) in [4.78, 5) is 13.7. The van der Waals surface area contributed by atoms with Gasteiger partial charge < -0.3 is 4.90 Å². The second kappa shape index (κ2) is 7.83. The summed E-state index contributed by atoms with van der Waals surface area (Å²) >= 11 is 0. The molecule has 28 heavy (non-hydrogen) atoms. The number of sulfonamides is 1. The minimum Gasteiger partial charge on any atom is -0.342 e. The number of anilines is 1. The van der Waals surface area contributed by atoms with E-state index in [1.165, 1.54) is 12.1 Å². The van der Waals surface area contributed by atoms with Gasteiger partial charge >= 0.3 is 6.18 Å². The molecule has 1 saturated heterocycles. The number of hydrogen-bond donors (Lipinski definition) is 1. The molecular weight excluding hydrogens is 393 g/mol. The van der Waals surface area contributed by atoms with Crippen molar-refractivity contribution >= 4 is 21.6 Å². The van der Waals surface area contributed by atoms with Crippen LogP contribution in [-0.4, -0.2) is 32.3 Å². The first-order valence-electron chi connectivity index (χ1n) is 8.72. The fraction of sp³-hybridized carbons (Fsp3) is 0.316. The molecule has 3 rings (SSSR count). The van der Waals surface area contributed by atoms with Crippen LogP contribution in [0.5, 0.6) is 0 Å². The van der Waals surface area contributed by atoms with Crippen molar-refractivity contribution in [3.63, 3.8) is 0 Å². The van der Waals surface area contributed by atoms with Gasteiger partial charge in [0.25, 0.3) is 10.0 Å². The van der Waals surface area contributed by atoms with Crippen LogP contribution in [0, 0.1) is 0 Å². The highest BCUT2D eigenvalue weighted by Crippen LogP contribution is 2.30. The molecule has 1 fully saturated rings. The smallest absolute Gasteiger partial charge is 0.342 e. The van der Waals surface area contributed by atoms with Crippen LogP contribution in [0.4, 0.5) is 18.9 Å². The molecule has 5 nitrogen and oxygen atoms in total. The number of rotatable bonds is 5. The highest BCUT2D eigenvalue weighted by Gasteiger charge is 2.30. The van der Waals surface area contributed by atoms with Gasteiger partial charge in [0.2, 0.25) is 5.91 Å². The number of benzene rings is 2. The molecular formula is C19H19F3N2O3S. The molecule has 0 unspecified atom stereocenters. The van der Waals surface area contributed by atoms with E-state index in [4.69, 9.17) is 0 Å². The third-order valence-corrected chi connectivity index (χ3v) is 5.91. The van der Waals surface area contributed by atoms with Gasteiger partial charge in [-0.3, -0.25) is 9.52 Å². The van der Waals surface area contributed by atoms with Gasteiger partial charge in [-0.15, -0.1) is 0 Å². The summed E-state index contributed by atoms with van der Waals surface area (Å²) in [5, 5.41) is 0. The zero-order valence-corrected chi connectivity index (χ0v) is 15.7. The number of likely N-dealkylation sites (tertiary alicyclic amines) is 1. The van der Waals surface area contributed by atoms with E-state index in [2.05, 4.69) is 4.72 Å². The van der Waals surface area contributed by atoms with Crippen LogP contribution in [0.3, 0.4) is 0 Å². The van der Waals surface area contributed by atoms with Crippen LogP contribution >= 0.6 is 0 Å². The van der Waals surface area contributed by atoms with Gasteiger partial charge in [-0.1, -0.05) is 12.1 Å². The van der Waals surface area contributed by atoms with Crippen LogP contribution in [0.15, 0.2) is 53.4 Å². The van der Waals surface area contributed by atoms with Crippen molar-refractivity contribution in [2.75, 3.05) is 17.8 Å². The normalized spacial score (nSPS) is 14.9. The minimum atomic E-state index is -4.53. The topological polar surface area (TPSA) is 66.5 Å². The molecule has 0 saturated carbocycles. The number of nitrogens with one attached hydrogen (secondary N) is 1. The lowest BCUT2D eigenvalue weighted by Crippen LogP contribution is -2.29. The van der Waals surface area contributed by atoms with Gasteiger partial charge in [0.05, 0.1) is 16.9 Å². The van der Waals surface area contributed by atoms with Gasteiger partial charge in [-0.2, -0.15) is 13.2 Å². The molecule has 2 aromatic rings. The van der Waals surface area contributed by atoms with Gasteiger partial charge in [0.15, 0.2) is 0 Å². The first-order chi connectivity index (χ1) is 13.1. The van der Waals surface area contributed by atoms with E-state index in [9.17, 15) is 26.4 Å². The zero-order chi connectivity index (χ0) is 20.4. The standard InChI is InChI=1S/C19H19F3N2O3S/c20-19(21,22)15-5-9-17(10-6-15)28(26,27)23-16-7-3-14(4-8-16)13-18(25)24-11-1-2-12-24/h3-10,23H,1-2,11-13H2. The van der Waals surface area contributed by atoms with Crippen molar-refractivity contribution in [2.24, 2.45) is 0 Å². The average Bonchev–Trinajstić information content (AvgIpc) is 3.17. The Morgan fingerprint density at radius 1 is 0.964 bits per heavy atom. The van der Waals surface area contributed by atoms with E-state index in [1.54, 1.807) is 17.0 Å². The van der Waals surface area contributed by atoms with Crippen molar-refractivity contribution < 1.29 is 26.4 Å². The number of halogens is 3. The predicted molar refractivity (Wildman–Crippen MR) is 98.2 cm³/mol. The number of carbonyl (C=O) groups is 1. The van der Waals surface area contributed by atoms with E-state index in [-0.39, 0.29) is 22.9 Å². The van der Waals surface area contributed by atoms with Crippen molar-refractivity contribution in [1.82, 2.24) is 4.90 Å².